The van der Waals surface area contributed by atoms with Crippen molar-refractivity contribution in [2.45, 2.75) is 31.7 Å². The highest BCUT2D eigenvalue weighted by molar-refractivity contribution is 9.11. The molecule has 1 N–H and O–H groups in total. The number of amides is 1. The highest BCUT2D eigenvalue weighted by atomic mass is 79.9. The zero-order chi connectivity index (χ0) is 20.8. The number of hydrogen-bond donors (Lipinski definition) is 1. The van der Waals surface area contributed by atoms with E-state index in [9.17, 15) is 4.79 Å². The van der Waals surface area contributed by atoms with Crippen molar-refractivity contribution in [1.82, 2.24) is 14.8 Å². The summed E-state index contributed by atoms with van der Waals surface area (Å²) in [5.74, 6) is 1.62. The Hall–Kier alpha value is -1.84. The zero-order valence-electron chi connectivity index (χ0n) is 15.9. The standard InChI is InChI=1S/C20H20Br2N4O2S/c1-3-26-19(13(2)28-15-7-5-4-6-8-15)24-25-20(26)29-12-18(27)23-17-11-14(21)9-10-16(17)22/h4-11,13H,3,12H2,1-2H3,(H,23,27)/t13-/m0/s1. The van der Waals surface area contributed by atoms with Gasteiger partial charge in [-0.05, 0) is 60.1 Å². The molecule has 2 aromatic carbocycles. The molecule has 1 atom stereocenters. The molecule has 1 amide bonds. The van der Waals surface area contributed by atoms with Crippen molar-refractivity contribution < 1.29 is 9.53 Å². The summed E-state index contributed by atoms with van der Waals surface area (Å²) in [5.41, 5.74) is 0.715. The van der Waals surface area contributed by atoms with E-state index in [1.807, 2.05) is 66.9 Å². The predicted octanol–water partition coefficient (Wildman–Crippen LogP) is 5.69. The van der Waals surface area contributed by atoms with Crippen LogP contribution in [0.1, 0.15) is 25.8 Å². The lowest BCUT2D eigenvalue weighted by Crippen LogP contribution is -2.15. The molecule has 0 aliphatic rings. The van der Waals surface area contributed by atoms with Crippen molar-refractivity contribution in [3.63, 3.8) is 0 Å². The van der Waals surface area contributed by atoms with Gasteiger partial charge < -0.3 is 14.6 Å². The number of nitrogens with zero attached hydrogens (tertiary/aromatic N) is 3. The van der Waals surface area contributed by atoms with E-state index in [1.54, 1.807) is 0 Å². The number of ether oxygens (including phenoxy) is 1. The Morgan fingerprint density at radius 1 is 1.21 bits per heavy atom. The summed E-state index contributed by atoms with van der Waals surface area (Å²) >= 11 is 8.20. The fourth-order valence-corrected chi connectivity index (χ4v) is 4.19. The molecule has 0 fully saturated rings. The molecule has 152 valence electrons. The number of para-hydroxylation sites is 1. The monoisotopic (exact) mass is 538 g/mol. The van der Waals surface area contributed by atoms with Gasteiger partial charge in [-0.25, -0.2) is 0 Å². The van der Waals surface area contributed by atoms with Gasteiger partial charge in [-0.1, -0.05) is 45.9 Å². The first-order valence-corrected chi connectivity index (χ1v) is 11.6. The van der Waals surface area contributed by atoms with Gasteiger partial charge in [0.1, 0.15) is 5.75 Å². The van der Waals surface area contributed by atoms with Crippen molar-refractivity contribution >= 4 is 55.2 Å². The minimum atomic E-state index is -0.259. The molecule has 0 spiro atoms. The fourth-order valence-electron chi connectivity index (χ4n) is 2.67. The lowest BCUT2D eigenvalue weighted by atomic mass is 10.3. The average molecular weight is 540 g/mol. The highest BCUT2D eigenvalue weighted by Gasteiger charge is 2.19. The SMILES string of the molecule is CCn1c(SCC(=O)Nc2cc(Br)ccc2Br)nnc1[C@H](C)Oc1ccccc1. The van der Waals surface area contributed by atoms with Crippen LogP contribution in [0.25, 0.3) is 0 Å². The molecule has 0 saturated heterocycles. The molecule has 0 aliphatic heterocycles. The number of benzene rings is 2. The van der Waals surface area contributed by atoms with E-state index in [1.165, 1.54) is 11.8 Å². The summed E-state index contributed by atoms with van der Waals surface area (Å²) in [4.78, 5) is 12.4. The van der Waals surface area contributed by atoms with E-state index >= 15 is 0 Å². The van der Waals surface area contributed by atoms with E-state index in [2.05, 4.69) is 47.4 Å². The van der Waals surface area contributed by atoms with Crippen molar-refractivity contribution in [1.29, 1.82) is 0 Å². The van der Waals surface area contributed by atoms with Gasteiger partial charge in [0.25, 0.3) is 0 Å². The second kappa shape index (κ2) is 10.3. The molecule has 0 radical (unpaired) electrons. The lowest BCUT2D eigenvalue weighted by Gasteiger charge is -2.15. The Labute approximate surface area is 190 Å². The van der Waals surface area contributed by atoms with Crippen LogP contribution < -0.4 is 10.1 Å². The summed E-state index contributed by atoms with van der Waals surface area (Å²) in [6.07, 6.45) is -0.259. The third-order valence-corrected chi connectivity index (χ3v) is 6.17. The highest BCUT2D eigenvalue weighted by Crippen LogP contribution is 2.27. The number of rotatable bonds is 8. The number of halogens is 2. The Kier molecular flexibility index (Phi) is 7.74. The molecular formula is C20H20Br2N4O2S. The van der Waals surface area contributed by atoms with Crippen LogP contribution >= 0.6 is 43.6 Å². The maximum absolute atomic E-state index is 12.4. The molecule has 3 aromatic rings. The van der Waals surface area contributed by atoms with Gasteiger partial charge in [0.15, 0.2) is 17.1 Å². The van der Waals surface area contributed by atoms with E-state index in [-0.39, 0.29) is 17.8 Å². The summed E-state index contributed by atoms with van der Waals surface area (Å²) in [6, 6.07) is 15.2. The van der Waals surface area contributed by atoms with Crippen LogP contribution in [0.15, 0.2) is 62.6 Å². The normalized spacial score (nSPS) is 11.9. The molecule has 3 rings (SSSR count). The maximum Gasteiger partial charge on any atom is 0.234 e. The number of carbonyl (C=O) groups excluding carboxylic acids is 1. The van der Waals surface area contributed by atoms with Crippen LogP contribution in [0.3, 0.4) is 0 Å². The molecule has 29 heavy (non-hydrogen) atoms. The van der Waals surface area contributed by atoms with Crippen molar-refractivity contribution in [2.24, 2.45) is 0 Å². The van der Waals surface area contributed by atoms with Crippen LogP contribution in [0.2, 0.25) is 0 Å². The minimum Gasteiger partial charge on any atom is -0.483 e. The van der Waals surface area contributed by atoms with Gasteiger partial charge in [-0.2, -0.15) is 0 Å². The molecule has 0 unspecified atom stereocenters. The number of anilines is 1. The molecule has 0 saturated carbocycles. The third-order valence-electron chi connectivity index (χ3n) is 4.02. The number of thioether (sulfide) groups is 1. The Morgan fingerprint density at radius 2 is 1.97 bits per heavy atom. The molecule has 0 aliphatic carbocycles. The molecule has 9 heteroatoms. The Morgan fingerprint density at radius 3 is 2.69 bits per heavy atom. The largest absolute Gasteiger partial charge is 0.483 e. The average Bonchev–Trinajstić information content (AvgIpc) is 3.13. The molecule has 1 aromatic heterocycles. The van der Waals surface area contributed by atoms with Crippen molar-refractivity contribution in [3.8, 4) is 5.75 Å². The summed E-state index contributed by atoms with van der Waals surface area (Å²) in [5, 5.41) is 12.1. The van der Waals surface area contributed by atoms with Crippen molar-refractivity contribution in [2.75, 3.05) is 11.1 Å². The van der Waals surface area contributed by atoms with Crippen LogP contribution in [-0.4, -0.2) is 26.4 Å². The van der Waals surface area contributed by atoms with Crippen LogP contribution in [0, 0.1) is 0 Å². The maximum atomic E-state index is 12.4. The van der Waals surface area contributed by atoms with Crippen LogP contribution in [0.4, 0.5) is 5.69 Å². The smallest absolute Gasteiger partial charge is 0.234 e. The molecule has 1 heterocycles. The second-order valence-corrected chi connectivity index (χ2v) is 8.83. The van der Waals surface area contributed by atoms with Gasteiger partial charge in [0.2, 0.25) is 5.91 Å². The van der Waals surface area contributed by atoms with E-state index in [4.69, 9.17) is 4.74 Å². The fraction of sp³-hybridized carbons (Fsp3) is 0.250. The van der Waals surface area contributed by atoms with Gasteiger partial charge in [-0.3, -0.25) is 4.79 Å². The molecule has 6 nitrogen and oxygen atoms in total. The number of nitrogens with one attached hydrogen (secondary N) is 1. The van der Waals surface area contributed by atoms with Crippen LogP contribution in [-0.2, 0) is 11.3 Å². The summed E-state index contributed by atoms with van der Waals surface area (Å²) < 4.78 is 9.66. The van der Waals surface area contributed by atoms with Crippen LogP contribution in [0.5, 0.6) is 5.75 Å². The number of aromatic nitrogens is 3. The van der Waals surface area contributed by atoms with E-state index in [0.717, 1.165) is 20.5 Å². The Bertz CT molecular complexity index is 982. The van der Waals surface area contributed by atoms with E-state index in [0.29, 0.717) is 17.4 Å². The third kappa shape index (κ3) is 5.83. The van der Waals surface area contributed by atoms with Gasteiger partial charge in [0, 0.05) is 15.5 Å². The van der Waals surface area contributed by atoms with Gasteiger partial charge in [0.05, 0.1) is 11.4 Å². The minimum absolute atomic E-state index is 0.116. The molecular weight excluding hydrogens is 520 g/mol. The van der Waals surface area contributed by atoms with Crippen molar-refractivity contribution in [3.05, 3.63) is 63.3 Å². The summed E-state index contributed by atoms with van der Waals surface area (Å²) in [6.45, 7) is 4.64. The lowest BCUT2D eigenvalue weighted by molar-refractivity contribution is -0.113. The van der Waals surface area contributed by atoms with Gasteiger partial charge in [-0.15, -0.1) is 10.2 Å². The predicted molar refractivity (Wildman–Crippen MR) is 122 cm³/mol. The first-order chi connectivity index (χ1) is 14.0. The topological polar surface area (TPSA) is 69.0 Å². The van der Waals surface area contributed by atoms with E-state index < -0.39 is 0 Å². The quantitative estimate of drug-likeness (QED) is 0.372. The summed E-state index contributed by atoms with van der Waals surface area (Å²) in [7, 11) is 0. The first-order valence-electron chi connectivity index (χ1n) is 9.00. The Balaban J connectivity index is 1.64. The number of carbonyl (C=O) groups is 1. The molecule has 0 bridgehead atoms. The second-order valence-electron chi connectivity index (χ2n) is 6.12. The van der Waals surface area contributed by atoms with Gasteiger partial charge >= 0.3 is 0 Å². The number of hydrogen-bond acceptors (Lipinski definition) is 5. The zero-order valence-corrected chi connectivity index (χ0v) is 19.9. The first kappa shape index (κ1) is 21.9.